The largest absolute Gasteiger partial charge is 0.293 e. The van der Waals surface area contributed by atoms with Gasteiger partial charge >= 0.3 is 0 Å². The number of hydrogen-bond donors (Lipinski definition) is 0. The quantitative estimate of drug-likeness (QED) is 0.168. The fraction of sp³-hybridized carbons (Fsp3) is 0. The second-order valence-electron chi connectivity index (χ2n) is 15.3. The van der Waals surface area contributed by atoms with Crippen molar-refractivity contribution in [3.05, 3.63) is 243 Å². The third-order valence-electron chi connectivity index (χ3n) is 11.7. The van der Waals surface area contributed by atoms with Crippen LogP contribution in [0.2, 0.25) is 0 Å². The maximum absolute atomic E-state index is 4.76. The molecule has 0 unspecified atom stereocenters. The molecule has 12 aromatic rings. The number of nitrogens with zero attached hydrogens (tertiary/aromatic N) is 4. The SMILES string of the molecule is c1ccc(-c2c(-c3ccccc3)n(-c3ccccn3)c3c2ccc2ccccc23)cc1.c1ccc(-c2c(-c3ccccc3)n(-c3ccccn3)c3c2ccc2ccccc23)cc1. The van der Waals surface area contributed by atoms with E-state index < -0.39 is 0 Å². The van der Waals surface area contributed by atoms with Gasteiger partial charge in [0, 0.05) is 45.1 Å². The highest BCUT2D eigenvalue weighted by Gasteiger charge is 2.24. The molecule has 0 saturated heterocycles. The average Bonchev–Trinajstić information content (AvgIpc) is 3.91. The highest BCUT2D eigenvalue weighted by atomic mass is 15.1. The van der Waals surface area contributed by atoms with Crippen molar-refractivity contribution in [2.24, 2.45) is 0 Å². The predicted octanol–water partition coefficient (Wildman–Crippen LogP) is 15.0. The van der Waals surface area contributed by atoms with Gasteiger partial charge in [0.25, 0.3) is 0 Å². The molecule has 0 N–H and O–H groups in total. The van der Waals surface area contributed by atoms with Crippen LogP contribution in [0.1, 0.15) is 0 Å². The molecule has 4 heteroatoms. The molecule has 0 radical (unpaired) electrons. The summed E-state index contributed by atoms with van der Waals surface area (Å²) in [6, 6.07) is 80.9. The molecule has 292 valence electrons. The number of aromatic nitrogens is 4. The molecule has 12 rings (SSSR count). The lowest BCUT2D eigenvalue weighted by Gasteiger charge is -2.13. The van der Waals surface area contributed by atoms with Gasteiger partial charge in [-0.2, -0.15) is 0 Å². The van der Waals surface area contributed by atoms with Crippen molar-refractivity contribution in [3.63, 3.8) is 0 Å². The second-order valence-corrected chi connectivity index (χ2v) is 15.3. The Morgan fingerprint density at radius 2 is 0.597 bits per heavy atom. The van der Waals surface area contributed by atoms with Gasteiger partial charge in [0.2, 0.25) is 0 Å². The molecular weight excluding hydrogens is 753 g/mol. The fourth-order valence-electron chi connectivity index (χ4n) is 9.06. The van der Waals surface area contributed by atoms with E-state index in [9.17, 15) is 0 Å². The third kappa shape index (κ3) is 6.42. The first-order valence-corrected chi connectivity index (χ1v) is 21.0. The summed E-state index contributed by atoms with van der Waals surface area (Å²) < 4.78 is 4.66. The van der Waals surface area contributed by atoms with Crippen LogP contribution >= 0.6 is 0 Å². The summed E-state index contributed by atoms with van der Waals surface area (Å²) in [7, 11) is 0. The maximum atomic E-state index is 4.76. The molecule has 0 fully saturated rings. The van der Waals surface area contributed by atoms with Crippen LogP contribution in [0, 0.1) is 0 Å². The van der Waals surface area contributed by atoms with E-state index in [1.54, 1.807) is 0 Å². The summed E-state index contributed by atoms with van der Waals surface area (Å²) in [6.45, 7) is 0. The summed E-state index contributed by atoms with van der Waals surface area (Å²) in [5.41, 5.74) is 11.9. The van der Waals surface area contributed by atoms with Gasteiger partial charge in [-0.05, 0) is 57.3 Å². The van der Waals surface area contributed by atoms with Gasteiger partial charge in [-0.25, -0.2) is 9.97 Å². The summed E-state index contributed by atoms with van der Waals surface area (Å²) in [5.74, 6) is 1.84. The van der Waals surface area contributed by atoms with Crippen molar-refractivity contribution in [1.82, 2.24) is 19.1 Å². The Hall–Kier alpha value is -8.34. The van der Waals surface area contributed by atoms with Crippen LogP contribution < -0.4 is 0 Å². The topological polar surface area (TPSA) is 35.6 Å². The first kappa shape index (κ1) is 36.7. The highest BCUT2D eigenvalue weighted by molar-refractivity contribution is 6.17. The van der Waals surface area contributed by atoms with Crippen molar-refractivity contribution < 1.29 is 0 Å². The Bertz CT molecular complexity index is 3230. The van der Waals surface area contributed by atoms with E-state index >= 15 is 0 Å². The summed E-state index contributed by atoms with van der Waals surface area (Å²) in [4.78, 5) is 9.52. The van der Waals surface area contributed by atoms with Crippen molar-refractivity contribution in [1.29, 1.82) is 0 Å². The van der Waals surface area contributed by atoms with Gasteiger partial charge < -0.3 is 0 Å². The molecule has 0 amide bonds. The zero-order valence-corrected chi connectivity index (χ0v) is 33.9. The Balaban J connectivity index is 0.000000139. The van der Waals surface area contributed by atoms with Gasteiger partial charge in [0.15, 0.2) is 0 Å². The molecular formula is C58H40N4. The smallest absolute Gasteiger partial charge is 0.137 e. The number of benzene rings is 8. The molecule has 0 aliphatic rings. The van der Waals surface area contributed by atoms with Crippen molar-refractivity contribution >= 4 is 43.4 Å². The first-order valence-electron chi connectivity index (χ1n) is 21.0. The van der Waals surface area contributed by atoms with Crippen LogP contribution in [0.5, 0.6) is 0 Å². The molecule has 0 atom stereocenters. The van der Waals surface area contributed by atoms with Crippen LogP contribution in [0.3, 0.4) is 0 Å². The Labute approximate surface area is 360 Å². The predicted molar refractivity (Wildman–Crippen MR) is 259 cm³/mol. The van der Waals surface area contributed by atoms with E-state index in [-0.39, 0.29) is 0 Å². The van der Waals surface area contributed by atoms with Gasteiger partial charge in [-0.1, -0.05) is 206 Å². The minimum absolute atomic E-state index is 0.921. The van der Waals surface area contributed by atoms with Crippen molar-refractivity contribution in [2.75, 3.05) is 0 Å². The molecule has 4 aromatic heterocycles. The average molecular weight is 793 g/mol. The fourth-order valence-corrected chi connectivity index (χ4v) is 9.06. The Morgan fingerprint density at radius 3 is 0.968 bits per heavy atom. The van der Waals surface area contributed by atoms with E-state index in [0.29, 0.717) is 0 Å². The number of pyridine rings is 2. The monoisotopic (exact) mass is 792 g/mol. The van der Waals surface area contributed by atoms with Crippen LogP contribution in [-0.2, 0) is 0 Å². The van der Waals surface area contributed by atoms with Crippen molar-refractivity contribution in [2.45, 2.75) is 0 Å². The summed E-state index contributed by atoms with van der Waals surface area (Å²) >= 11 is 0. The molecule has 0 aliphatic heterocycles. The molecule has 0 spiro atoms. The summed E-state index contributed by atoms with van der Waals surface area (Å²) in [5, 5.41) is 7.37. The standard InChI is InChI=1S/2C29H20N2/c2*1-3-12-22(13-4-1)27-25-19-18-21-11-7-8-16-24(21)29(25)31(26-17-9-10-20-30-26)28(27)23-14-5-2-6-15-23/h2*1-20H. The van der Waals surface area contributed by atoms with Gasteiger partial charge in [-0.15, -0.1) is 0 Å². The Kier molecular flexibility index (Phi) is 9.49. The number of hydrogen-bond acceptors (Lipinski definition) is 2. The minimum atomic E-state index is 0.921. The van der Waals surface area contributed by atoms with E-state index in [1.807, 2.05) is 24.5 Å². The normalized spacial score (nSPS) is 11.2. The lowest BCUT2D eigenvalue weighted by atomic mass is 9.97. The van der Waals surface area contributed by atoms with E-state index in [4.69, 9.17) is 9.97 Å². The molecule has 0 saturated carbocycles. The summed E-state index contributed by atoms with van der Waals surface area (Å²) in [6.07, 6.45) is 3.73. The maximum Gasteiger partial charge on any atom is 0.137 e. The zero-order chi connectivity index (χ0) is 41.2. The van der Waals surface area contributed by atoms with E-state index in [2.05, 4.69) is 228 Å². The molecule has 4 heterocycles. The van der Waals surface area contributed by atoms with Crippen LogP contribution in [-0.4, -0.2) is 19.1 Å². The van der Waals surface area contributed by atoms with Crippen LogP contribution in [0.15, 0.2) is 243 Å². The lowest BCUT2D eigenvalue weighted by Crippen LogP contribution is -2.00. The first-order chi connectivity index (χ1) is 30.8. The highest BCUT2D eigenvalue weighted by Crippen LogP contribution is 2.46. The van der Waals surface area contributed by atoms with Crippen molar-refractivity contribution in [3.8, 4) is 56.4 Å². The molecule has 62 heavy (non-hydrogen) atoms. The van der Waals surface area contributed by atoms with E-state index in [0.717, 1.165) is 23.0 Å². The third-order valence-corrected chi connectivity index (χ3v) is 11.7. The lowest BCUT2D eigenvalue weighted by molar-refractivity contribution is 1.05. The number of fused-ring (bicyclic) bond motifs is 6. The zero-order valence-electron chi connectivity index (χ0n) is 33.9. The number of rotatable bonds is 6. The van der Waals surface area contributed by atoms with E-state index in [1.165, 1.54) is 76.7 Å². The van der Waals surface area contributed by atoms with Crippen LogP contribution in [0.4, 0.5) is 0 Å². The Morgan fingerprint density at radius 1 is 0.258 bits per heavy atom. The van der Waals surface area contributed by atoms with Crippen LogP contribution in [0.25, 0.3) is 99.8 Å². The minimum Gasteiger partial charge on any atom is -0.293 e. The van der Waals surface area contributed by atoms with Gasteiger partial charge in [-0.3, -0.25) is 9.13 Å². The van der Waals surface area contributed by atoms with Gasteiger partial charge in [0.05, 0.1) is 22.4 Å². The molecule has 0 aliphatic carbocycles. The molecule has 4 nitrogen and oxygen atoms in total. The second kappa shape index (κ2) is 16.0. The van der Waals surface area contributed by atoms with Gasteiger partial charge in [0.1, 0.15) is 11.6 Å². The molecule has 8 aromatic carbocycles. The molecule has 0 bridgehead atoms.